The van der Waals surface area contributed by atoms with Crippen LogP contribution in [0.5, 0.6) is 0 Å². The maximum atomic E-state index is 8.80. The zero-order chi connectivity index (χ0) is 15.4. The second-order valence-electron chi connectivity index (χ2n) is 5.28. The summed E-state index contributed by atoms with van der Waals surface area (Å²) in [6.45, 7) is 3.89. The topological polar surface area (TPSA) is 55.2 Å². The Morgan fingerprint density at radius 3 is 2.05 bits per heavy atom. The van der Waals surface area contributed by atoms with Gasteiger partial charge in [-0.05, 0) is 36.4 Å². The summed E-state index contributed by atoms with van der Waals surface area (Å²) >= 11 is 0. The molecule has 112 valence electrons. The summed E-state index contributed by atoms with van der Waals surface area (Å²) in [5.41, 5.74) is 3.94. The number of pyridine rings is 1. The Morgan fingerprint density at radius 2 is 1.55 bits per heavy atom. The summed E-state index contributed by atoms with van der Waals surface area (Å²) in [4.78, 5) is 8.85. The van der Waals surface area contributed by atoms with Gasteiger partial charge in [0.25, 0.3) is 0 Å². The number of nitrogens with one attached hydrogen (secondary N) is 1. The minimum atomic E-state index is 0.465. The predicted molar refractivity (Wildman–Crippen MR) is 89.4 cm³/mol. The molecule has 3 rings (SSSR count). The molecule has 2 heterocycles. The fourth-order valence-corrected chi connectivity index (χ4v) is 2.70. The van der Waals surface area contributed by atoms with E-state index in [0.717, 1.165) is 37.6 Å². The lowest BCUT2D eigenvalue weighted by molar-refractivity contribution is 0.653. The fourth-order valence-electron chi connectivity index (χ4n) is 2.70. The molecule has 1 N–H and O–H groups in total. The Kier molecular flexibility index (Phi) is 4.10. The van der Waals surface area contributed by atoms with E-state index >= 15 is 0 Å². The first-order chi connectivity index (χ1) is 10.8. The Bertz CT molecular complexity index is 649. The molecule has 0 unspecified atom stereocenters. The van der Waals surface area contributed by atoms with Crippen LogP contribution in [0.1, 0.15) is 5.69 Å². The monoisotopic (exact) mass is 293 g/mol. The highest BCUT2D eigenvalue weighted by molar-refractivity contribution is 5.56. The van der Waals surface area contributed by atoms with Crippen LogP contribution in [0.25, 0.3) is 0 Å². The van der Waals surface area contributed by atoms with Gasteiger partial charge in [0.2, 0.25) is 0 Å². The van der Waals surface area contributed by atoms with Crippen LogP contribution in [0.3, 0.4) is 0 Å². The molecule has 0 radical (unpaired) electrons. The summed E-state index contributed by atoms with van der Waals surface area (Å²) in [7, 11) is 1.93. The third-order valence-electron chi connectivity index (χ3n) is 4.03. The van der Waals surface area contributed by atoms with E-state index in [0.29, 0.717) is 5.69 Å². The van der Waals surface area contributed by atoms with E-state index in [1.807, 2.05) is 13.1 Å². The van der Waals surface area contributed by atoms with Crippen LogP contribution in [0.2, 0.25) is 0 Å². The summed E-state index contributed by atoms with van der Waals surface area (Å²) in [6, 6.07) is 14.3. The minimum absolute atomic E-state index is 0.465. The van der Waals surface area contributed by atoms with E-state index in [1.165, 1.54) is 5.69 Å². The predicted octanol–water partition coefficient (Wildman–Crippen LogP) is 2.32. The van der Waals surface area contributed by atoms with Crippen LogP contribution >= 0.6 is 0 Å². The molecule has 1 aromatic carbocycles. The molecule has 0 bridgehead atoms. The van der Waals surface area contributed by atoms with Crippen molar-refractivity contribution in [3.63, 3.8) is 0 Å². The maximum Gasteiger partial charge on any atom is 0.140 e. The Labute approximate surface area is 130 Å². The summed E-state index contributed by atoms with van der Waals surface area (Å²) in [5, 5.41) is 11.9. The Morgan fingerprint density at radius 1 is 0.955 bits per heavy atom. The van der Waals surface area contributed by atoms with Crippen LogP contribution in [0.15, 0.2) is 42.6 Å². The van der Waals surface area contributed by atoms with Gasteiger partial charge in [0.1, 0.15) is 11.8 Å². The molecular weight excluding hydrogens is 274 g/mol. The molecule has 1 fully saturated rings. The van der Waals surface area contributed by atoms with Crippen molar-refractivity contribution in [2.24, 2.45) is 0 Å². The van der Waals surface area contributed by atoms with Gasteiger partial charge in [-0.25, -0.2) is 4.98 Å². The molecule has 0 atom stereocenters. The van der Waals surface area contributed by atoms with Crippen molar-refractivity contribution in [1.82, 2.24) is 4.98 Å². The molecule has 0 amide bonds. The molecule has 1 aliphatic heterocycles. The number of aromatic nitrogens is 1. The largest absolute Gasteiger partial charge is 0.388 e. The van der Waals surface area contributed by atoms with Gasteiger partial charge in [0.05, 0.1) is 11.9 Å². The van der Waals surface area contributed by atoms with Gasteiger partial charge in [-0.15, -0.1) is 0 Å². The second-order valence-corrected chi connectivity index (χ2v) is 5.28. The summed E-state index contributed by atoms with van der Waals surface area (Å²) < 4.78 is 0. The molecule has 5 heteroatoms. The smallest absolute Gasteiger partial charge is 0.140 e. The average molecular weight is 293 g/mol. The highest BCUT2D eigenvalue weighted by atomic mass is 15.3. The highest BCUT2D eigenvalue weighted by Crippen LogP contribution is 2.21. The number of hydrogen-bond acceptors (Lipinski definition) is 5. The van der Waals surface area contributed by atoms with Crippen LogP contribution in [0, 0.1) is 11.3 Å². The van der Waals surface area contributed by atoms with E-state index in [2.05, 4.69) is 50.4 Å². The summed E-state index contributed by atoms with van der Waals surface area (Å²) in [5.74, 6) is 0. The normalized spacial score (nSPS) is 14.5. The van der Waals surface area contributed by atoms with Crippen molar-refractivity contribution >= 4 is 17.1 Å². The molecular formula is C17H19N5. The zero-order valence-electron chi connectivity index (χ0n) is 12.7. The third-order valence-corrected chi connectivity index (χ3v) is 4.03. The van der Waals surface area contributed by atoms with E-state index in [4.69, 9.17) is 5.26 Å². The molecule has 22 heavy (non-hydrogen) atoms. The first-order valence-electron chi connectivity index (χ1n) is 7.44. The number of anilines is 3. The van der Waals surface area contributed by atoms with E-state index in [-0.39, 0.29) is 0 Å². The van der Waals surface area contributed by atoms with Crippen molar-refractivity contribution in [3.8, 4) is 6.07 Å². The molecule has 2 aromatic rings. The number of nitriles is 1. The molecule has 1 saturated heterocycles. The van der Waals surface area contributed by atoms with Crippen molar-refractivity contribution in [1.29, 1.82) is 5.26 Å². The molecule has 0 saturated carbocycles. The Hall–Kier alpha value is -2.74. The van der Waals surface area contributed by atoms with E-state index in [9.17, 15) is 0 Å². The average Bonchev–Trinajstić information content (AvgIpc) is 2.62. The number of piperazine rings is 1. The maximum absolute atomic E-state index is 8.80. The minimum Gasteiger partial charge on any atom is -0.388 e. The standard InChI is InChI=1S/C17H19N5/c1-19-14-2-5-16(6-3-14)21-8-10-22(11-9-21)17-7-4-15(12-18)20-13-17/h2-7,13,19H,8-11H2,1H3. The lowest BCUT2D eigenvalue weighted by Crippen LogP contribution is -2.46. The van der Waals surface area contributed by atoms with Gasteiger partial charge >= 0.3 is 0 Å². The van der Waals surface area contributed by atoms with Crippen molar-refractivity contribution in [2.45, 2.75) is 0 Å². The SMILES string of the molecule is CNc1ccc(N2CCN(c3ccc(C#N)nc3)CC2)cc1. The van der Waals surface area contributed by atoms with Gasteiger partial charge in [0, 0.05) is 44.6 Å². The molecule has 1 aliphatic rings. The van der Waals surface area contributed by atoms with Crippen LogP contribution in [0.4, 0.5) is 17.1 Å². The quantitative estimate of drug-likeness (QED) is 0.941. The third kappa shape index (κ3) is 2.96. The first-order valence-corrected chi connectivity index (χ1v) is 7.44. The Balaban J connectivity index is 1.62. The van der Waals surface area contributed by atoms with E-state index in [1.54, 1.807) is 12.3 Å². The van der Waals surface area contributed by atoms with Gasteiger partial charge in [-0.2, -0.15) is 5.26 Å². The first kappa shape index (κ1) is 14.2. The van der Waals surface area contributed by atoms with E-state index < -0.39 is 0 Å². The van der Waals surface area contributed by atoms with Crippen LogP contribution in [-0.2, 0) is 0 Å². The zero-order valence-corrected chi connectivity index (χ0v) is 12.7. The summed E-state index contributed by atoms with van der Waals surface area (Å²) in [6.07, 6.45) is 1.79. The number of benzene rings is 1. The fraction of sp³-hybridized carbons (Fsp3) is 0.294. The highest BCUT2D eigenvalue weighted by Gasteiger charge is 2.17. The molecule has 0 aliphatic carbocycles. The lowest BCUT2D eigenvalue weighted by Gasteiger charge is -2.37. The van der Waals surface area contributed by atoms with Gasteiger partial charge in [0.15, 0.2) is 0 Å². The molecule has 5 nitrogen and oxygen atoms in total. The van der Waals surface area contributed by atoms with Crippen molar-refractivity contribution in [2.75, 3.05) is 48.3 Å². The van der Waals surface area contributed by atoms with Crippen LogP contribution < -0.4 is 15.1 Å². The second kappa shape index (κ2) is 6.35. The van der Waals surface area contributed by atoms with Gasteiger partial charge in [-0.3, -0.25) is 0 Å². The van der Waals surface area contributed by atoms with Gasteiger partial charge < -0.3 is 15.1 Å². The number of nitrogens with zero attached hydrogens (tertiary/aromatic N) is 4. The molecule has 0 spiro atoms. The number of rotatable bonds is 3. The number of hydrogen-bond donors (Lipinski definition) is 1. The van der Waals surface area contributed by atoms with Crippen molar-refractivity contribution in [3.05, 3.63) is 48.3 Å². The van der Waals surface area contributed by atoms with Crippen LogP contribution in [-0.4, -0.2) is 38.2 Å². The van der Waals surface area contributed by atoms with Crippen molar-refractivity contribution < 1.29 is 0 Å². The van der Waals surface area contributed by atoms with Gasteiger partial charge in [-0.1, -0.05) is 0 Å². The lowest BCUT2D eigenvalue weighted by atomic mass is 10.2. The molecule has 1 aromatic heterocycles.